The maximum atomic E-state index is 11.9. The largest absolute Gasteiger partial charge is 0.417 e. The van der Waals surface area contributed by atoms with Crippen LogP contribution in [0.4, 0.5) is 14.5 Å². The number of halogens is 4. The zero-order valence-electron chi connectivity index (χ0n) is 7.02. The first kappa shape index (κ1) is 11.5. The highest BCUT2D eigenvalue weighted by Gasteiger charge is 2.15. The lowest BCUT2D eigenvalue weighted by molar-refractivity contribution is -0.0532. The molecule has 14 heavy (non-hydrogen) atoms. The normalized spacial score (nSPS) is 10.7. The van der Waals surface area contributed by atoms with E-state index in [0.29, 0.717) is 10.0 Å². The maximum absolute atomic E-state index is 11.9. The van der Waals surface area contributed by atoms with Gasteiger partial charge in [0.15, 0.2) is 0 Å². The van der Waals surface area contributed by atoms with E-state index in [-0.39, 0.29) is 16.7 Å². The van der Waals surface area contributed by atoms with E-state index >= 15 is 0 Å². The first-order valence-corrected chi connectivity index (χ1v) is 4.66. The van der Waals surface area contributed by atoms with Crippen LogP contribution in [0.1, 0.15) is 5.56 Å². The van der Waals surface area contributed by atoms with Gasteiger partial charge in [-0.25, -0.2) is 0 Å². The van der Waals surface area contributed by atoms with E-state index < -0.39 is 6.61 Å². The third-order valence-electron chi connectivity index (χ3n) is 1.54. The van der Waals surface area contributed by atoms with Crippen molar-refractivity contribution in [1.82, 2.24) is 4.98 Å². The number of ether oxygens (including phenoxy) is 1. The fraction of sp³-hybridized carbons (Fsp3) is 0.286. The molecular formula is C7H6BrClF2N2O. The second-order valence-corrected chi connectivity index (χ2v) is 3.59. The van der Waals surface area contributed by atoms with Gasteiger partial charge in [-0.05, 0) is 22.9 Å². The summed E-state index contributed by atoms with van der Waals surface area (Å²) in [6, 6.07) is 0. The third kappa shape index (κ3) is 2.24. The first-order valence-electron chi connectivity index (χ1n) is 3.49. The Hall–Kier alpha value is -0.620. The summed E-state index contributed by atoms with van der Waals surface area (Å²) in [5.74, 6) is -0.259. The van der Waals surface area contributed by atoms with Crippen molar-refractivity contribution in [1.29, 1.82) is 0 Å². The number of anilines is 1. The van der Waals surface area contributed by atoms with Crippen LogP contribution < -0.4 is 10.5 Å². The van der Waals surface area contributed by atoms with Crippen molar-refractivity contribution < 1.29 is 13.5 Å². The first-order chi connectivity index (χ1) is 6.43. The minimum atomic E-state index is -2.95. The average molecular weight is 287 g/mol. The Morgan fingerprint density at radius 1 is 1.57 bits per heavy atom. The Morgan fingerprint density at radius 2 is 2.14 bits per heavy atom. The van der Waals surface area contributed by atoms with Crippen LogP contribution in [-0.4, -0.2) is 11.6 Å². The number of aromatic nitrogens is 1. The molecule has 0 amide bonds. The van der Waals surface area contributed by atoms with Crippen molar-refractivity contribution in [2.75, 3.05) is 5.73 Å². The van der Waals surface area contributed by atoms with E-state index in [1.54, 1.807) is 0 Å². The van der Waals surface area contributed by atoms with Crippen LogP contribution in [0.15, 0.2) is 4.47 Å². The van der Waals surface area contributed by atoms with Gasteiger partial charge in [-0.2, -0.15) is 13.8 Å². The zero-order valence-corrected chi connectivity index (χ0v) is 9.36. The van der Waals surface area contributed by atoms with Crippen molar-refractivity contribution in [2.24, 2.45) is 0 Å². The lowest BCUT2D eigenvalue weighted by Crippen LogP contribution is -2.07. The highest BCUT2D eigenvalue weighted by atomic mass is 79.9. The molecular weight excluding hydrogens is 281 g/mol. The van der Waals surface area contributed by atoms with Gasteiger partial charge in [-0.3, -0.25) is 0 Å². The highest BCUT2D eigenvalue weighted by Crippen LogP contribution is 2.34. The summed E-state index contributed by atoms with van der Waals surface area (Å²) in [5, 5.41) is -0.0104. The number of nitrogens with zero attached hydrogens (tertiary/aromatic N) is 1. The van der Waals surface area contributed by atoms with Crippen molar-refractivity contribution in [3.63, 3.8) is 0 Å². The van der Waals surface area contributed by atoms with E-state index in [2.05, 4.69) is 25.7 Å². The lowest BCUT2D eigenvalue weighted by Gasteiger charge is -2.10. The molecule has 7 heteroatoms. The average Bonchev–Trinajstić information content (AvgIpc) is 2.10. The van der Waals surface area contributed by atoms with Crippen LogP contribution in [0.2, 0.25) is 5.15 Å². The molecule has 0 aliphatic carbocycles. The molecule has 0 saturated carbocycles. The SMILES string of the molecule is Cc1c(OC(F)F)nc(Cl)c(Br)c1N. The quantitative estimate of drug-likeness (QED) is 0.851. The summed E-state index contributed by atoms with van der Waals surface area (Å²) in [7, 11) is 0. The summed E-state index contributed by atoms with van der Waals surface area (Å²) in [6.45, 7) is -1.43. The summed E-state index contributed by atoms with van der Waals surface area (Å²) in [4.78, 5) is 3.61. The molecule has 0 unspecified atom stereocenters. The minimum absolute atomic E-state index is 0.0104. The molecule has 78 valence electrons. The van der Waals surface area contributed by atoms with E-state index in [1.165, 1.54) is 6.92 Å². The predicted octanol–water partition coefficient (Wildman–Crippen LogP) is 2.99. The van der Waals surface area contributed by atoms with Gasteiger partial charge in [0.2, 0.25) is 5.88 Å². The van der Waals surface area contributed by atoms with Crippen LogP contribution in [0.3, 0.4) is 0 Å². The number of rotatable bonds is 2. The van der Waals surface area contributed by atoms with Crippen LogP contribution >= 0.6 is 27.5 Å². The van der Waals surface area contributed by atoms with Crippen molar-refractivity contribution in [2.45, 2.75) is 13.5 Å². The molecule has 0 atom stereocenters. The molecule has 1 aromatic heterocycles. The Labute approximate surface area is 92.3 Å². The topological polar surface area (TPSA) is 48.1 Å². The zero-order chi connectivity index (χ0) is 10.9. The van der Waals surface area contributed by atoms with Crippen molar-refractivity contribution >= 4 is 33.2 Å². The number of hydrogen-bond donors (Lipinski definition) is 1. The predicted molar refractivity (Wildman–Crippen MR) is 52.7 cm³/mol. The van der Waals surface area contributed by atoms with Gasteiger partial charge in [0, 0.05) is 5.56 Å². The van der Waals surface area contributed by atoms with Gasteiger partial charge in [0.1, 0.15) is 5.15 Å². The van der Waals surface area contributed by atoms with E-state index in [0.717, 1.165) is 0 Å². The molecule has 1 aromatic rings. The van der Waals surface area contributed by atoms with Crippen LogP contribution in [0.5, 0.6) is 5.88 Å². The summed E-state index contributed by atoms with van der Waals surface area (Å²) < 4.78 is 28.3. The fourth-order valence-electron chi connectivity index (χ4n) is 0.812. The maximum Gasteiger partial charge on any atom is 0.388 e. The molecule has 0 aliphatic heterocycles. The molecule has 0 fully saturated rings. The molecule has 3 nitrogen and oxygen atoms in total. The Bertz CT molecular complexity index is 362. The lowest BCUT2D eigenvalue weighted by atomic mass is 10.2. The van der Waals surface area contributed by atoms with Gasteiger partial charge in [0.25, 0.3) is 0 Å². The molecule has 0 spiro atoms. The fourth-order valence-corrected chi connectivity index (χ4v) is 1.38. The summed E-state index contributed by atoms with van der Waals surface area (Å²) >= 11 is 8.68. The van der Waals surface area contributed by atoms with Crippen LogP contribution in [0, 0.1) is 6.92 Å². The van der Waals surface area contributed by atoms with Gasteiger partial charge < -0.3 is 10.5 Å². The van der Waals surface area contributed by atoms with E-state index in [4.69, 9.17) is 17.3 Å². The number of nitrogens with two attached hydrogens (primary N) is 1. The molecule has 1 heterocycles. The van der Waals surface area contributed by atoms with Crippen molar-refractivity contribution in [3.05, 3.63) is 15.2 Å². The molecule has 1 rings (SSSR count). The van der Waals surface area contributed by atoms with Crippen molar-refractivity contribution in [3.8, 4) is 5.88 Å². The standard InChI is InChI=1S/C7H6BrClF2N2O/c1-2-4(12)3(8)5(9)13-6(2)14-7(10)11/h7H,1H3,(H2,12,13). The molecule has 0 saturated heterocycles. The smallest absolute Gasteiger partial charge is 0.388 e. The molecule has 0 aromatic carbocycles. The molecule has 0 aliphatic rings. The van der Waals surface area contributed by atoms with Crippen LogP contribution in [0.25, 0.3) is 0 Å². The van der Waals surface area contributed by atoms with Gasteiger partial charge in [-0.15, -0.1) is 0 Å². The molecule has 2 N–H and O–H groups in total. The number of pyridine rings is 1. The second-order valence-electron chi connectivity index (χ2n) is 2.44. The molecule has 0 radical (unpaired) electrons. The van der Waals surface area contributed by atoms with E-state index in [1.807, 2.05) is 0 Å². The number of nitrogen functional groups attached to an aromatic ring is 1. The Kier molecular flexibility index (Phi) is 3.49. The minimum Gasteiger partial charge on any atom is -0.417 e. The summed E-state index contributed by atoms with van der Waals surface area (Å²) in [5.41, 5.74) is 6.12. The van der Waals surface area contributed by atoms with Gasteiger partial charge >= 0.3 is 6.61 Å². The molecule has 0 bridgehead atoms. The summed E-state index contributed by atoms with van der Waals surface area (Å²) in [6.07, 6.45) is 0. The number of alkyl halides is 2. The van der Waals surface area contributed by atoms with Crippen LogP contribution in [-0.2, 0) is 0 Å². The van der Waals surface area contributed by atoms with E-state index in [9.17, 15) is 8.78 Å². The van der Waals surface area contributed by atoms with Gasteiger partial charge in [-0.1, -0.05) is 11.6 Å². The monoisotopic (exact) mass is 286 g/mol. The Balaban J connectivity index is 3.19. The number of hydrogen-bond acceptors (Lipinski definition) is 3. The van der Waals surface area contributed by atoms with Gasteiger partial charge in [0.05, 0.1) is 10.2 Å². The Morgan fingerprint density at radius 3 is 2.64 bits per heavy atom. The second kappa shape index (κ2) is 4.27. The third-order valence-corrected chi connectivity index (χ3v) is 2.85. The highest BCUT2D eigenvalue weighted by molar-refractivity contribution is 9.10.